The molecule has 2 aromatic heterocycles. The largest absolute Gasteiger partial charge is 0.390 e. The number of aryl methyl sites for hydroxylation is 3. The number of aliphatic hydroxyl groups is 1. The second kappa shape index (κ2) is 15.9. The van der Waals surface area contributed by atoms with Crippen molar-refractivity contribution in [3.63, 3.8) is 0 Å². The summed E-state index contributed by atoms with van der Waals surface area (Å²) in [6.07, 6.45) is 3.73. The number of benzene rings is 2. The number of thiophene rings is 2. The standard InChI is InChI=1S/C35H43F2N3O3S2/c1-6-12-40(13-7-2)35(43)31-19-30-33(45(31)5)22(4)32(44-30)34(42)39-28(17-25-15-26(36)18-27(37)16-25)29(41)21-38-20-24-11-9-10-23(8-3)14-24/h9-11,14-16,18-19,28-29,38,41H,6-8,12-13,17,20-21H2,1-5H3/p+1/t28-,29+,45?/m0/s1. The van der Waals surface area contributed by atoms with Gasteiger partial charge in [-0.2, -0.15) is 0 Å². The van der Waals surface area contributed by atoms with Crippen LogP contribution in [0.2, 0.25) is 0 Å². The number of carbonyl (C=O) groups excluding carboxylic acids is 2. The van der Waals surface area contributed by atoms with Crippen LogP contribution in [-0.2, 0) is 25.6 Å². The zero-order valence-electron chi connectivity index (χ0n) is 26.7. The molecule has 0 radical (unpaired) electrons. The Hall–Kier alpha value is -3.18. The van der Waals surface area contributed by atoms with Gasteiger partial charge in [0.1, 0.15) is 22.8 Å². The number of hydrogen-bond donors (Lipinski definition) is 3. The van der Waals surface area contributed by atoms with Gasteiger partial charge in [-0.25, -0.2) is 8.78 Å². The van der Waals surface area contributed by atoms with Crippen molar-refractivity contribution >= 4 is 43.0 Å². The molecule has 6 nitrogen and oxygen atoms in total. The molecular weight excluding hydrogens is 613 g/mol. The van der Waals surface area contributed by atoms with Crippen LogP contribution < -0.4 is 10.6 Å². The van der Waals surface area contributed by atoms with E-state index in [9.17, 15) is 23.5 Å². The first-order chi connectivity index (χ1) is 21.6. The molecule has 0 saturated carbocycles. The maximum absolute atomic E-state index is 14.0. The van der Waals surface area contributed by atoms with E-state index < -0.39 is 34.3 Å². The molecule has 45 heavy (non-hydrogen) atoms. The summed E-state index contributed by atoms with van der Waals surface area (Å²) in [6.45, 7) is 10.2. The van der Waals surface area contributed by atoms with E-state index in [0.717, 1.165) is 50.7 Å². The van der Waals surface area contributed by atoms with Gasteiger partial charge in [0.05, 0.1) is 16.8 Å². The summed E-state index contributed by atoms with van der Waals surface area (Å²) in [6, 6.07) is 12.5. The highest BCUT2D eigenvalue weighted by atomic mass is 32.2. The van der Waals surface area contributed by atoms with Gasteiger partial charge in [0.25, 0.3) is 5.91 Å². The quantitative estimate of drug-likeness (QED) is 0.119. The van der Waals surface area contributed by atoms with Crippen LogP contribution in [0.5, 0.6) is 0 Å². The second-order valence-corrected chi connectivity index (χ2v) is 14.4. The van der Waals surface area contributed by atoms with Crippen LogP contribution >= 0.6 is 21.8 Å². The van der Waals surface area contributed by atoms with Crippen molar-refractivity contribution in [2.45, 2.75) is 72.1 Å². The van der Waals surface area contributed by atoms with Crippen molar-refractivity contribution in [3.8, 4) is 0 Å². The van der Waals surface area contributed by atoms with E-state index in [-0.39, 0.29) is 24.8 Å². The lowest BCUT2D eigenvalue weighted by Gasteiger charge is -2.25. The van der Waals surface area contributed by atoms with Crippen LogP contribution in [0.3, 0.4) is 0 Å². The fourth-order valence-electron chi connectivity index (χ4n) is 5.70. The van der Waals surface area contributed by atoms with E-state index in [1.807, 2.05) is 36.3 Å². The molecule has 0 aliphatic carbocycles. The number of fused-ring (bicyclic) bond motifs is 1. The molecule has 2 heterocycles. The SMILES string of the molecule is CCCN(CCC)C(=O)c1cc2sc(C(=O)N[C@@H](Cc3cc(F)cc(F)c3)[C@H](O)CNCc3cccc(CC)c3)c(C)c2[s+]1C. The highest BCUT2D eigenvalue weighted by Crippen LogP contribution is 2.43. The molecule has 3 N–H and O–H groups in total. The Morgan fingerprint density at radius 3 is 2.27 bits per heavy atom. The summed E-state index contributed by atoms with van der Waals surface area (Å²) >= 11 is 1.33. The monoisotopic (exact) mass is 656 g/mol. The van der Waals surface area contributed by atoms with Crippen molar-refractivity contribution in [1.82, 2.24) is 15.5 Å². The lowest BCUT2D eigenvalue weighted by molar-refractivity contribution is 0.0760. The number of rotatable bonds is 15. The van der Waals surface area contributed by atoms with Crippen LogP contribution in [0.25, 0.3) is 9.40 Å². The van der Waals surface area contributed by atoms with Crippen LogP contribution in [0, 0.1) is 18.6 Å². The Labute approximate surface area is 271 Å². The average Bonchev–Trinajstić information content (AvgIpc) is 3.51. The first kappa shape index (κ1) is 34.7. The van der Waals surface area contributed by atoms with Crippen molar-refractivity contribution in [2.24, 2.45) is 6.26 Å². The van der Waals surface area contributed by atoms with Gasteiger partial charge in [-0.05, 0) is 71.9 Å². The number of carbonyl (C=O) groups is 2. The zero-order valence-corrected chi connectivity index (χ0v) is 28.3. The summed E-state index contributed by atoms with van der Waals surface area (Å²) in [7, 11) is -0.476. The first-order valence-electron chi connectivity index (χ1n) is 15.6. The topological polar surface area (TPSA) is 81.7 Å². The van der Waals surface area contributed by atoms with E-state index in [1.54, 1.807) is 0 Å². The minimum atomic E-state index is -1.03. The molecule has 0 spiro atoms. The fourth-order valence-corrected chi connectivity index (χ4v) is 9.22. The van der Waals surface area contributed by atoms with Gasteiger partial charge in [-0.1, -0.05) is 45.0 Å². The van der Waals surface area contributed by atoms with Crippen LogP contribution in [0.15, 0.2) is 48.5 Å². The van der Waals surface area contributed by atoms with Crippen molar-refractivity contribution in [3.05, 3.63) is 92.2 Å². The van der Waals surface area contributed by atoms with Gasteiger partial charge in [0, 0.05) is 43.9 Å². The molecule has 0 saturated heterocycles. The van der Waals surface area contributed by atoms with Crippen LogP contribution in [-0.4, -0.2) is 53.6 Å². The van der Waals surface area contributed by atoms with Gasteiger partial charge in [0.2, 0.25) is 4.88 Å². The number of nitrogens with zero attached hydrogens (tertiary/aromatic N) is 1. The summed E-state index contributed by atoms with van der Waals surface area (Å²) in [5.41, 5.74) is 3.44. The lowest BCUT2D eigenvalue weighted by Crippen LogP contribution is -2.48. The third-order valence-corrected chi connectivity index (χ3v) is 11.4. The third-order valence-electron chi connectivity index (χ3n) is 7.95. The van der Waals surface area contributed by atoms with Gasteiger partial charge >= 0.3 is 5.91 Å². The summed E-state index contributed by atoms with van der Waals surface area (Å²) in [5, 5.41) is 17.5. The fraction of sp³-hybridized carbons (Fsp3) is 0.429. The Kier molecular flexibility index (Phi) is 12.2. The number of amides is 2. The van der Waals surface area contributed by atoms with E-state index in [4.69, 9.17) is 0 Å². The maximum Gasteiger partial charge on any atom is 0.306 e. The van der Waals surface area contributed by atoms with E-state index in [1.165, 1.54) is 29.0 Å². The molecule has 4 aromatic rings. The van der Waals surface area contributed by atoms with Crippen molar-refractivity contribution in [1.29, 1.82) is 0 Å². The van der Waals surface area contributed by atoms with Crippen LogP contribution in [0.1, 0.15) is 75.2 Å². The van der Waals surface area contributed by atoms with Gasteiger partial charge < -0.3 is 20.6 Å². The molecule has 1 unspecified atom stereocenters. The average molecular weight is 657 g/mol. The first-order valence-corrected chi connectivity index (χ1v) is 18.0. The molecule has 0 aliphatic rings. The molecule has 10 heteroatoms. The number of aliphatic hydroxyl groups excluding tert-OH is 1. The lowest BCUT2D eigenvalue weighted by atomic mass is 10.00. The molecule has 0 bridgehead atoms. The Balaban J connectivity index is 1.55. The predicted octanol–water partition coefficient (Wildman–Crippen LogP) is 7.09. The van der Waals surface area contributed by atoms with Crippen molar-refractivity contribution < 1.29 is 23.5 Å². The normalized spacial score (nSPS) is 13.2. The third kappa shape index (κ3) is 8.55. The number of nitrogens with one attached hydrogen (secondary N) is 2. The smallest absolute Gasteiger partial charge is 0.306 e. The molecule has 0 aliphatic heterocycles. The zero-order chi connectivity index (χ0) is 32.7. The second-order valence-electron chi connectivity index (χ2n) is 11.5. The maximum atomic E-state index is 14.0. The van der Waals surface area contributed by atoms with E-state index >= 15 is 0 Å². The molecule has 4 rings (SSSR count). The highest BCUT2D eigenvalue weighted by Gasteiger charge is 2.32. The summed E-state index contributed by atoms with van der Waals surface area (Å²) in [4.78, 5) is 30.3. The summed E-state index contributed by atoms with van der Waals surface area (Å²) < 4.78 is 30.0. The number of hydrogen-bond acceptors (Lipinski definition) is 5. The molecule has 2 aromatic carbocycles. The van der Waals surface area contributed by atoms with Gasteiger partial charge in [-0.3, -0.25) is 9.59 Å². The molecule has 0 fully saturated rings. The van der Waals surface area contributed by atoms with Crippen molar-refractivity contribution in [2.75, 3.05) is 19.6 Å². The minimum absolute atomic E-state index is 0.0418. The van der Waals surface area contributed by atoms with E-state index in [2.05, 4.69) is 43.5 Å². The predicted molar refractivity (Wildman–Crippen MR) is 181 cm³/mol. The molecule has 3 atom stereocenters. The van der Waals surface area contributed by atoms with Gasteiger partial charge in [0.15, 0.2) is 4.70 Å². The van der Waals surface area contributed by atoms with Crippen LogP contribution in [0.4, 0.5) is 8.78 Å². The Morgan fingerprint density at radius 1 is 0.978 bits per heavy atom. The van der Waals surface area contributed by atoms with E-state index in [0.29, 0.717) is 30.1 Å². The Morgan fingerprint density at radius 2 is 1.64 bits per heavy atom. The summed E-state index contributed by atoms with van der Waals surface area (Å²) in [5.74, 6) is -1.74. The molecular formula is C35H44F2N3O3S2+. The number of halogens is 2. The highest BCUT2D eigenvalue weighted by molar-refractivity contribution is 7.40. The Bertz CT molecular complexity index is 1610. The minimum Gasteiger partial charge on any atom is -0.390 e. The van der Waals surface area contributed by atoms with Gasteiger partial charge in [-0.15, -0.1) is 11.3 Å². The molecule has 2 amide bonds. The molecule has 242 valence electrons.